The lowest BCUT2D eigenvalue weighted by Crippen LogP contribution is -2.19. The molecule has 0 saturated carbocycles. The molecule has 1 rings (SSSR count). The second-order valence-electron chi connectivity index (χ2n) is 3.89. The van der Waals surface area contributed by atoms with Crippen LogP contribution in [0.25, 0.3) is 0 Å². The lowest BCUT2D eigenvalue weighted by atomic mass is 9.98. The molecule has 6 heteroatoms. The van der Waals surface area contributed by atoms with Gasteiger partial charge >= 0.3 is 0 Å². The van der Waals surface area contributed by atoms with Gasteiger partial charge in [-0.15, -0.1) is 11.3 Å². The zero-order valence-electron chi connectivity index (χ0n) is 8.87. The number of thiophene rings is 1. The first-order valence-corrected chi connectivity index (χ1v) is 7.29. The van der Waals surface area contributed by atoms with Crippen molar-refractivity contribution < 1.29 is 4.79 Å². The maximum absolute atomic E-state index is 10.8. The molecule has 2 unspecified atom stereocenters. The Labute approximate surface area is 116 Å². The summed E-state index contributed by atoms with van der Waals surface area (Å²) in [4.78, 5) is 11.9. The molecular weight excluding hydrogens is 356 g/mol. The van der Waals surface area contributed by atoms with E-state index in [0.29, 0.717) is 6.42 Å². The average Bonchev–Trinajstić information content (AvgIpc) is 2.45. The molecule has 16 heavy (non-hydrogen) atoms. The summed E-state index contributed by atoms with van der Waals surface area (Å²) in [5, 5.41) is 0. The summed E-state index contributed by atoms with van der Waals surface area (Å²) in [5.41, 5.74) is 11.2. The highest BCUT2D eigenvalue weighted by atomic mass is 79.9. The number of halogens is 2. The van der Waals surface area contributed by atoms with Crippen LogP contribution in [0.2, 0.25) is 0 Å². The van der Waals surface area contributed by atoms with E-state index in [1.165, 1.54) is 0 Å². The van der Waals surface area contributed by atoms with Crippen molar-refractivity contribution in [3.8, 4) is 0 Å². The summed E-state index contributed by atoms with van der Waals surface area (Å²) in [5.74, 6) is -0.0552. The third kappa shape index (κ3) is 4.16. The van der Waals surface area contributed by atoms with Gasteiger partial charge < -0.3 is 11.5 Å². The van der Waals surface area contributed by atoms with Crippen molar-refractivity contribution in [3.05, 3.63) is 19.2 Å². The molecule has 0 aliphatic rings. The lowest BCUT2D eigenvalue weighted by Gasteiger charge is -2.14. The third-order valence-corrected chi connectivity index (χ3v) is 5.62. The summed E-state index contributed by atoms with van der Waals surface area (Å²) in [6.45, 7) is 1.99. The van der Waals surface area contributed by atoms with E-state index in [9.17, 15) is 4.79 Å². The largest absolute Gasteiger partial charge is 0.370 e. The van der Waals surface area contributed by atoms with Gasteiger partial charge in [0.1, 0.15) is 0 Å². The van der Waals surface area contributed by atoms with E-state index in [4.69, 9.17) is 11.5 Å². The maximum Gasteiger partial charge on any atom is 0.217 e. The van der Waals surface area contributed by atoms with Gasteiger partial charge in [-0.1, -0.05) is 6.92 Å². The van der Waals surface area contributed by atoms with E-state index in [2.05, 4.69) is 31.9 Å². The van der Waals surface area contributed by atoms with Gasteiger partial charge in [0.15, 0.2) is 0 Å². The summed E-state index contributed by atoms with van der Waals surface area (Å²) >= 11 is 8.47. The summed E-state index contributed by atoms with van der Waals surface area (Å²) in [7, 11) is 0. The van der Waals surface area contributed by atoms with Gasteiger partial charge in [-0.25, -0.2) is 0 Å². The minimum absolute atomic E-state index is 0.0399. The molecule has 0 fully saturated rings. The molecule has 0 aliphatic heterocycles. The normalized spacial score (nSPS) is 14.8. The molecule has 1 aromatic heterocycles. The first-order valence-electron chi connectivity index (χ1n) is 4.88. The Morgan fingerprint density at radius 3 is 2.62 bits per heavy atom. The van der Waals surface area contributed by atoms with E-state index in [1.807, 2.05) is 13.0 Å². The van der Waals surface area contributed by atoms with Crippen LogP contribution in [0.5, 0.6) is 0 Å². The van der Waals surface area contributed by atoms with Crippen LogP contribution in [0.15, 0.2) is 14.3 Å². The van der Waals surface area contributed by atoms with Crippen LogP contribution in [0, 0.1) is 5.92 Å². The predicted molar refractivity (Wildman–Crippen MR) is 74.2 cm³/mol. The molecule has 0 aliphatic carbocycles. The molecule has 0 radical (unpaired) electrons. The first-order chi connectivity index (χ1) is 7.40. The Bertz CT molecular complexity index is 361. The van der Waals surface area contributed by atoms with Crippen molar-refractivity contribution in [2.24, 2.45) is 17.4 Å². The Balaban J connectivity index is 2.58. The predicted octanol–water partition coefficient (Wildman–Crippen LogP) is 3.17. The van der Waals surface area contributed by atoms with Crippen LogP contribution in [0.3, 0.4) is 0 Å². The second-order valence-corrected chi connectivity index (χ2v) is 7.14. The van der Waals surface area contributed by atoms with Crippen molar-refractivity contribution in [3.63, 3.8) is 0 Å². The highest BCUT2D eigenvalue weighted by Gasteiger charge is 2.16. The maximum atomic E-state index is 10.8. The van der Waals surface area contributed by atoms with Gasteiger partial charge in [-0.2, -0.15) is 0 Å². The first kappa shape index (κ1) is 14.2. The van der Waals surface area contributed by atoms with Crippen LogP contribution in [0.4, 0.5) is 0 Å². The highest BCUT2D eigenvalue weighted by Crippen LogP contribution is 2.36. The number of hydrogen-bond acceptors (Lipinski definition) is 3. The fraction of sp³-hybridized carbons (Fsp3) is 0.500. The van der Waals surface area contributed by atoms with Crippen molar-refractivity contribution >= 4 is 49.1 Å². The minimum Gasteiger partial charge on any atom is -0.370 e. The van der Waals surface area contributed by atoms with Crippen molar-refractivity contribution in [1.82, 2.24) is 0 Å². The number of amides is 1. The minimum atomic E-state index is -0.270. The van der Waals surface area contributed by atoms with Crippen molar-refractivity contribution in [2.75, 3.05) is 0 Å². The zero-order chi connectivity index (χ0) is 12.3. The smallest absolute Gasteiger partial charge is 0.217 e. The van der Waals surface area contributed by atoms with Crippen LogP contribution in [0.1, 0.15) is 30.7 Å². The summed E-state index contributed by atoms with van der Waals surface area (Å²) < 4.78 is 2.06. The van der Waals surface area contributed by atoms with Gasteiger partial charge in [0.2, 0.25) is 5.91 Å². The number of nitrogens with two attached hydrogens (primary N) is 2. The number of rotatable bonds is 5. The van der Waals surface area contributed by atoms with Gasteiger partial charge in [0.05, 0.1) is 3.79 Å². The standard InChI is InChI=1S/C10H14Br2N2OS/c1-5(3-9(14)15)2-7(13)8-4-6(11)10(12)16-8/h4-5,7H,2-3,13H2,1H3,(H2,14,15). The number of hydrogen-bond donors (Lipinski definition) is 2. The Kier molecular flexibility index (Phi) is 5.43. The lowest BCUT2D eigenvalue weighted by molar-refractivity contribution is -0.118. The summed E-state index contributed by atoms with van der Waals surface area (Å²) in [6.07, 6.45) is 1.16. The molecule has 0 bridgehead atoms. The number of carbonyl (C=O) groups is 1. The van der Waals surface area contributed by atoms with Crippen molar-refractivity contribution in [2.45, 2.75) is 25.8 Å². The molecule has 4 N–H and O–H groups in total. The third-order valence-electron chi connectivity index (χ3n) is 2.24. The van der Waals surface area contributed by atoms with Crippen molar-refractivity contribution in [1.29, 1.82) is 0 Å². The fourth-order valence-corrected chi connectivity index (χ4v) is 3.63. The Morgan fingerprint density at radius 1 is 1.56 bits per heavy atom. The molecule has 2 atom stereocenters. The monoisotopic (exact) mass is 368 g/mol. The number of primary amides is 1. The molecule has 3 nitrogen and oxygen atoms in total. The second kappa shape index (κ2) is 6.14. The molecule has 1 aromatic rings. The zero-order valence-corrected chi connectivity index (χ0v) is 12.9. The molecule has 90 valence electrons. The molecule has 1 heterocycles. The topological polar surface area (TPSA) is 69.1 Å². The SMILES string of the molecule is CC(CC(N)=O)CC(N)c1cc(Br)c(Br)s1. The van der Waals surface area contributed by atoms with E-state index in [1.54, 1.807) is 11.3 Å². The quantitative estimate of drug-likeness (QED) is 0.836. The molecule has 0 saturated heterocycles. The van der Waals surface area contributed by atoms with Gasteiger partial charge in [-0.3, -0.25) is 4.79 Å². The van der Waals surface area contributed by atoms with Crippen LogP contribution >= 0.6 is 43.2 Å². The van der Waals surface area contributed by atoms with E-state index in [0.717, 1.165) is 19.6 Å². The number of carbonyl (C=O) groups excluding carboxylic acids is 1. The molecular formula is C10H14Br2N2OS. The van der Waals surface area contributed by atoms with E-state index in [-0.39, 0.29) is 17.9 Å². The van der Waals surface area contributed by atoms with E-state index >= 15 is 0 Å². The van der Waals surface area contributed by atoms with Crippen LogP contribution in [-0.4, -0.2) is 5.91 Å². The summed E-state index contributed by atoms with van der Waals surface area (Å²) in [6, 6.07) is 1.97. The van der Waals surface area contributed by atoms with E-state index < -0.39 is 0 Å². The average molecular weight is 370 g/mol. The van der Waals surface area contributed by atoms with Crippen LogP contribution in [-0.2, 0) is 4.79 Å². The highest BCUT2D eigenvalue weighted by molar-refractivity contribution is 9.13. The van der Waals surface area contributed by atoms with Gasteiger partial charge in [-0.05, 0) is 50.3 Å². The van der Waals surface area contributed by atoms with Crippen LogP contribution < -0.4 is 11.5 Å². The Morgan fingerprint density at radius 2 is 2.19 bits per heavy atom. The van der Waals surface area contributed by atoms with Gasteiger partial charge in [0.25, 0.3) is 0 Å². The molecule has 0 spiro atoms. The Hall–Kier alpha value is 0.0900. The molecule has 1 amide bonds. The van der Waals surface area contributed by atoms with Gasteiger partial charge in [0, 0.05) is 21.8 Å². The molecule has 0 aromatic carbocycles. The fourth-order valence-electron chi connectivity index (χ4n) is 1.52.